The molecule has 1 saturated heterocycles. The third-order valence-electron chi connectivity index (χ3n) is 4.58. The summed E-state index contributed by atoms with van der Waals surface area (Å²) in [6.45, 7) is 5.60. The SMILES string of the molecule is CCCC1CC(N[C@H](C)C2CCCC2)CCO1. The number of nitrogens with one attached hydrogen (secondary N) is 1. The molecule has 1 aliphatic heterocycles. The quantitative estimate of drug-likeness (QED) is 0.793. The molecule has 0 aromatic rings. The van der Waals surface area contributed by atoms with Crippen LogP contribution in [-0.2, 0) is 4.74 Å². The maximum Gasteiger partial charge on any atom is 0.0589 e. The fourth-order valence-corrected chi connectivity index (χ4v) is 3.52. The van der Waals surface area contributed by atoms with Gasteiger partial charge in [-0.1, -0.05) is 26.2 Å². The Morgan fingerprint density at radius 3 is 2.71 bits per heavy atom. The van der Waals surface area contributed by atoms with Gasteiger partial charge in [-0.3, -0.25) is 0 Å². The van der Waals surface area contributed by atoms with Crippen LogP contribution in [0.25, 0.3) is 0 Å². The van der Waals surface area contributed by atoms with Crippen molar-refractivity contribution in [2.24, 2.45) is 5.92 Å². The third-order valence-corrected chi connectivity index (χ3v) is 4.58. The van der Waals surface area contributed by atoms with E-state index in [0.29, 0.717) is 18.2 Å². The molecule has 17 heavy (non-hydrogen) atoms. The molecule has 0 aromatic heterocycles. The van der Waals surface area contributed by atoms with Crippen LogP contribution in [0.3, 0.4) is 0 Å². The van der Waals surface area contributed by atoms with E-state index >= 15 is 0 Å². The molecule has 1 aliphatic carbocycles. The molecule has 1 heterocycles. The van der Waals surface area contributed by atoms with Gasteiger partial charge >= 0.3 is 0 Å². The minimum atomic E-state index is 0.516. The van der Waals surface area contributed by atoms with Crippen molar-refractivity contribution in [2.45, 2.75) is 83.4 Å². The predicted octanol–water partition coefficient (Wildman–Crippen LogP) is 3.50. The minimum Gasteiger partial charge on any atom is -0.378 e. The van der Waals surface area contributed by atoms with E-state index in [2.05, 4.69) is 19.2 Å². The summed E-state index contributed by atoms with van der Waals surface area (Å²) in [5, 5.41) is 3.87. The van der Waals surface area contributed by atoms with Crippen molar-refractivity contribution in [3.05, 3.63) is 0 Å². The Kier molecular flexibility index (Phi) is 5.30. The molecule has 3 atom stereocenters. The topological polar surface area (TPSA) is 21.3 Å². The van der Waals surface area contributed by atoms with Gasteiger partial charge in [-0.2, -0.15) is 0 Å². The summed E-state index contributed by atoms with van der Waals surface area (Å²) < 4.78 is 5.82. The monoisotopic (exact) mass is 239 g/mol. The van der Waals surface area contributed by atoms with Gasteiger partial charge in [-0.05, 0) is 44.9 Å². The summed E-state index contributed by atoms with van der Waals surface area (Å²) in [6.07, 6.45) is 11.2. The number of hydrogen-bond donors (Lipinski definition) is 1. The molecule has 1 saturated carbocycles. The molecule has 2 heteroatoms. The van der Waals surface area contributed by atoms with E-state index in [1.807, 2.05) is 0 Å². The summed E-state index contributed by atoms with van der Waals surface area (Å²) in [5.74, 6) is 0.933. The van der Waals surface area contributed by atoms with Crippen LogP contribution in [0, 0.1) is 5.92 Å². The van der Waals surface area contributed by atoms with Crippen LogP contribution in [0.4, 0.5) is 0 Å². The zero-order valence-electron chi connectivity index (χ0n) is 11.6. The lowest BCUT2D eigenvalue weighted by Crippen LogP contribution is -2.45. The zero-order valence-corrected chi connectivity index (χ0v) is 11.6. The molecule has 2 unspecified atom stereocenters. The molecule has 0 amide bonds. The van der Waals surface area contributed by atoms with Gasteiger partial charge in [-0.15, -0.1) is 0 Å². The second-order valence-electron chi connectivity index (χ2n) is 6.00. The van der Waals surface area contributed by atoms with E-state index in [1.165, 1.54) is 51.4 Å². The van der Waals surface area contributed by atoms with Gasteiger partial charge in [0.15, 0.2) is 0 Å². The van der Waals surface area contributed by atoms with Crippen molar-refractivity contribution in [1.82, 2.24) is 5.32 Å². The molecule has 1 N–H and O–H groups in total. The van der Waals surface area contributed by atoms with E-state index in [9.17, 15) is 0 Å². The van der Waals surface area contributed by atoms with E-state index in [4.69, 9.17) is 4.74 Å². The fraction of sp³-hybridized carbons (Fsp3) is 1.00. The Morgan fingerprint density at radius 2 is 2.00 bits per heavy atom. The lowest BCUT2D eigenvalue weighted by Gasteiger charge is -2.33. The number of hydrogen-bond acceptors (Lipinski definition) is 2. The van der Waals surface area contributed by atoms with Gasteiger partial charge in [0, 0.05) is 18.7 Å². The summed E-state index contributed by atoms with van der Waals surface area (Å²) in [5.41, 5.74) is 0. The van der Waals surface area contributed by atoms with Crippen molar-refractivity contribution in [3.63, 3.8) is 0 Å². The van der Waals surface area contributed by atoms with Crippen LogP contribution in [0.2, 0.25) is 0 Å². The van der Waals surface area contributed by atoms with Crippen LogP contribution in [0.15, 0.2) is 0 Å². The Labute approximate surface area is 107 Å². The molecule has 2 aliphatic rings. The number of rotatable bonds is 5. The normalized spacial score (nSPS) is 32.8. The van der Waals surface area contributed by atoms with Crippen LogP contribution < -0.4 is 5.32 Å². The first kappa shape index (κ1) is 13.4. The van der Waals surface area contributed by atoms with Gasteiger partial charge in [-0.25, -0.2) is 0 Å². The van der Waals surface area contributed by atoms with Gasteiger partial charge < -0.3 is 10.1 Å². The van der Waals surface area contributed by atoms with Crippen LogP contribution >= 0.6 is 0 Å². The first-order valence-corrected chi connectivity index (χ1v) is 7.67. The Morgan fingerprint density at radius 1 is 1.24 bits per heavy atom. The van der Waals surface area contributed by atoms with Gasteiger partial charge in [0.2, 0.25) is 0 Å². The highest BCUT2D eigenvalue weighted by Crippen LogP contribution is 2.28. The average Bonchev–Trinajstić information content (AvgIpc) is 2.83. The Bertz CT molecular complexity index is 211. The largest absolute Gasteiger partial charge is 0.378 e. The van der Waals surface area contributed by atoms with Crippen molar-refractivity contribution in [1.29, 1.82) is 0 Å². The van der Waals surface area contributed by atoms with Gasteiger partial charge in [0.1, 0.15) is 0 Å². The lowest BCUT2D eigenvalue weighted by atomic mass is 9.95. The number of ether oxygens (including phenoxy) is 1. The summed E-state index contributed by atoms with van der Waals surface area (Å²) in [4.78, 5) is 0. The smallest absolute Gasteiger partial charge is 0.0589 e. The molecule has 2 nitrogen and oxygen atoms in total. The maximum atomic E-state index is 5.82. The average molecular weight is 239 g/mol. The van der Waals surface area contributed by atoms with Crippen molar-refractivity contribution < 1.29 is 4.74 Å². The summed E-state index contributed by atoms with van der Waals surface area (Å²) in [7, 11) is 0. The van der Waals surface area contributed by atoms with Crippen molar-refractivity contribution in [2.75, 3.05) is 6.61 Å². The first-order valence-electron chi connectivity index (χ1n) is 7.67. The maximum absolute atomic E-state index is 5.82. The summed E-state index contributed by atoms with van der Waals surface area (Å²) >= 11 is 0. The van der Waals surface area contributed by atoms with Crippen LogP contribution in [0.5, 0.6) is 0 Å². The minimum absolute atomic E-state index is 0.516. The summed E-state index contributed by atoms with van der Waals surface area (Å²) in [6, 6.07) is 1.42. The van der Waals surface area contributed by atoms with Crippen LogP contribution in [0.1, 0.15) is 65.2 Å². The molecular weight excluding hydrogens is 210 g/mol. The molecule has 2 fully saturated rings. The van der Waals surface area contributed by atoms with E-state index < -0.39 is 0 Å². The second kappa shape index (κ2) is 6.75. The molecule has 0 spiro atoms. The molecule has 2 rings (SSSR count). The highest BCUT2D eigenvalue weighted by molar-refractivity contribution is 4.83. The zero-order chi connectivity index (χ0) is 12.1. The van der Waals surface area contributed by atoms with Gasteiger partial charge in [0.05, 0.1) is 6.10 Å². The van der Waals surface area contributed by atoms with Crippen LogP contribution in [-0.4, -0.2) is 24.8 Å². The molecule has 0 radical (unpaired) electrons. The molecular formula is C15H29NO. The Hall–Kier alpha value is -0.0800. The van der Waals surface area contributed by atoms with Crippen molar-refractivity contribution >= 4 is 0 Å². The van der Waals surface area contributed by atoms with E-state index in [1.54, 1.807) is 0 Å². The second-order valence-corrected chi connectivity index (χ2v) is 6.00. The lowest BCUT2D eigenvalue weighted by molar-refractivity contribution is -0.00580. The van der Waals surface area contributed by atoms with E-state index in [-0.39, 0.29) is 0 Å². The molecule has 100 valence electrons. The highest BCUT2D eigenvalue weighted by Gasteiger charge is 2.27. The predicted molar refractivity (Wildman–Crippen MR) is 72.2 cm³/mol. The van der Waals surface area contributed by atoms with Crippen molar-refractivity contribution in [3.8, 4) is 0 Å². The fourth-order valence-electron chi connectivity index (χ4n) is 3.52. The molecule has 0 bridgehead atoms. The first-order chi connectivity index (χ1) is 8.29. The molecule has 0 aromatic carbocycles. The van der Waals surface area contributed by atoms with Gasteiger partial charge in [0.25, 0.3) is 0 Å². The standard InChI is InChI=1S/C15H29NO/c1-3-6-15-11-14(9-10-17-15)16-12(2)13-7-4-5-8-13/h12-16H,3-11H2,1-2H3/t12-,14?,15?/m1/s1. The highest BCUT2D eigenvalue weighted by atomic mass is 16.5. The third kappa shape index (κ3) is 3.96. The Balaban J connectivity index is 1.73. The van der Waals surface area contributed by atoms with E-state index in [0.717, 1.165) is 12.5 Å².